The van der Waals surface area contributed by atoms with Crippen molar-refractivity contribution >= 4 is 34.8 Å². The highest BCUT2D eigenvalue weighted by molar-refractivity contribution is 5.87. The fourth-order valence-electron chi connectivity index (χ4n) is 4.47. The summed E-state index contributed by atoms with van der Waals surface area (Å²) in [4.78, 5) is 22.2. The topological polar surface area (TPSA) is 84.1 Å². The monoisotopic (exact) mass is 626 g/mol. The predicted molar refractivity (Wildman–Crippen MR) is 194 cm³/mol. The smallest absolute Gasteiger partial charge is 0.245 e. The molecule has 0 atom stereocenters. The van der Waals surface area contributed by atoms with E-state index in [0.29, 0.717) is 11.8 Å². The number of carbonyl (C=O) groups is 1. The largest absolute Gasteiger partial charge is 0.457 e. The van der Waals surface area contributed by atoms with Crippen LogP contribution < -0.4 is 10.1 Å². The van der Waals surface area contributed by atoms with Gasteiger partial charge in [0.05, 0.1) is 5.69 Å². The molecule has 0 spiro atoms. The number of ether oxygens (including phenoxy) is 1. The van der Waals surface area contributed by atoms with Crippen LogP contribution in [0.1, 0.15) is 78.0 Å². The summed E-state index contributed by atoms with van der Waals surface area (Å²) in [5.74, 6) is 3.46. The summed E-state index contributed by atoms with van der Waals surface area (Å²) in [6.07, 6.45) is 8.92. The molecule has 0 aliphatic rings. The lowest BCUT2D eigenvalue weighted by Gasteiger charge is -2.21. The normalized spacial score (nSPS) is 10.8. The fraction of sp³-hybridized carbons (Fsp3) is 0.421. The molecule has 0 unspecified atom stereocenters. The number of nitrogens with one attached hydrogen (secondary N) is 1. The Hall–Kier alpha value is -4.46. The van der Waals surface area contributed by atoms with Gasteiger partial charge < -0.3 is 15.0 Å². The molecule has 0 radical (unpaired) electrons. The summed E-state index contributed by atoms with van der Waals surface area (Å²) in [6, 6.07) is 14.0. The van der Waals surface area contributed by atoms with Gasteiger partial charge in [0.1, 0.15) is 23.3 Å². The van der Waals surface area contributed by atoms with Crippen LogP contribution in [0.15, 0.2) is 72.6 Å². The molecule has 4 aromatic rings. The summed E-state index contributed by atoms with van der Waals surface area (Å²) in [7, 11) is 0. The number of hydrogen-bond acceptors (Lipinski definition) is 6. The first-order chi connectivity index (χ1) is 22.0. The lowest BCUT2D eigenvalue weighted by Crippen LogP contribution is -2.31. The Bertz CT molecular complexity index is 1570. The number of aliphatic imine (C=N–C) groups is 1. The molecule has 46 heavy (non-hydrogen) atoms. The van der Waals surface area contributed by atoms with Crippen LogP contribution in [0, 0.1) is 32.6 Å². The van der Waals surface area contributed by atoms with Crippen LogP contribution in [0.2, 0.25) is 0 Å². The zero-order chi connectivity index (χ0) is 34.2. The Kier molecular flexibility index (Phi) is 15.7. The van der Waals surface area contributed by atoms with Crippen molar-refractivity contribution in [1.29, 1.82) is 0 Å². The van der Waals surface area contributed by atoms with Crippen LogP contribution >= 0.6 is 0 Å². The van der Waals surface area contributed by atoms with Crippen LogP contribution in [0.4, 0.5) is 17.2 Å². The molecule has 0 bridgehead atoms. The summed E-state index contributed by atoms with van der Waals surface area (Å²) in [6.45, 7) is 26.0. The molecular formula is C38H54N6O2. The average molecular weight is 627 g/mol. The Labute approximate surface area is 276 Å². The highest BCUT2D eigenvalue weighted by atomic mass is 16.5. The van der Waals surface area contributed by atoms with Crippen molar-refractivity contribution in [2.45, 2.75) is 82.1 Å². The highest BCUT2D eigenvalue weighted by Crippen LogP contribution is 2.32. The second-order valence-corrected chi connectivity index (χ2v) is 11.8. The van der Waals surface area contributed by atoms with E-state index in [1.165, 1.54) is 6.08 Å². The van der Waals surface area contributed by atoms with Crippen molar-refractivity contribution in [2.24, 2.45) is 16.8 Å². The summed E-state index contributed by atoms with van der Waals surface area (Å²) >= 11 is 0. The first-order valence-corrected chi connectivity index (χ1v) is 16.4. The predicted octanol–water partition coefficient (Wildman–Crippen LogP) is 10.0. The molecule has 0 aliphatic heterocycles. The van der Waals surface area contributed by atoms with Gasteiger partial charge in [-0.3, -0.25) is 9.79 Å². The van der Waals surface area contributed by atoms with E-state index in [9.17, 15) is 4.79 Å². The lowest BCUT2D eigenvalue weighted by molar-refractivity contribution is -0.126. The van der Waals surface area contributed by atoms with Crippen molar-refractivity contribution in [2.75, 3.05) is 18.4 Å². The van der Waals surface area contributed by atoms with E-state index >= 15 is 0 Å². The van der Waals surface area contributed by atoms with E-state index in [2.05, 4.69) is 74.6 Å². The maximum absolute atomic E-state index is 11.3. The quantitative estimate of drug-likeness (QED) is 0.125. The Morgan fingerprint density at radius 1 is 1.02 bits per heavy atom. The molecule has 8 heteroatoms. The Morgan fingerprint density at radius 3 is 2.39 bits per heavy atom. The van der Waals surface area contributed by atoms with E-state index in [1.807, 2.05) is 85.9 Å². The molecule has 0 fully saturated rings. The second-order valence-electron chi connectivity index (χ2n) is 11.8. The molecule has 2 heterocycles. The molecular weight excluding hydrogens is 572 g/mol. The number of hydrogen-bond donors (Lipinski definition) is 1. The van der Waals surface area contributed by atoms with Crippen LogP contribution in [-0.2, 0) is 4.79 Å². The van der Waals surface area contributed by atoms with Crippen molar-refractivity contribution in [3.05, 3.63) is 84.3 Å². The maximum Gasteiger partial charge on any atom is 0.245 e. The summed E-state index contributed by atoms with van der Waals surface area (Å²) in [5.41, 5.74) is 6.10. The van der Waals surface area contributed by atoms with Gasteiger partial charge in [0.2, 0.25) is 5.91 Å². The molecule has 2 aromatic heterocycles. The fourth-order valence-corrected chi connectivity index (χ4v) is 4.47. The number of carbonyl (C=O) groups excluding carboxylic acids is 1. The van der Waals surface area contributed by atoms with Gasteiger partial charge in [-0.05, 0) is 98.5 Å². The van der Waals surface area contributed by atoms with Crippen molar-refractivity contribution in [3.63, 3.8) is 0 Å². The van der Waals surface area contributed by atoms with Gasteiger partial charge in [0.25, 0.3) is 0 Å². The zero-order valence-electron chi connectivity index (χ0n) is 29.6. The molecule has 0 saturated heterocycles. The molecule has 4 rings (SSSR count). The van der Waals surface area contributed by atoms with E-state index in [0.717, 1.165) is 76.8 Å². The average Bonchev–Trinajstić information content (AvgIpc) is 3.43. The van der Waals surface area contributed by atoms with E-state index in [1.54, 1.807) is 6.33 Å². The van der Waals surface area contributed by atoms with Crippen LogP contribution in [-0.4, -0.2) is 44.7 Å². The third-order valence-corrected chi connectivity index (χ3v) is 6.97. The van der Waals surface area contributed by atoms with Crippen LogP contribution in [0.25, 0.3) is 5.52 Å². The minimum atomic E-state index is 0.0579. The molecule has 1 N–H and O–H groups in total. The van der Waals surface area contributed by atoms with Gasteiger partial charge in [-0.2, -0.15) is 5.10 Å². The Morgan fingerprint density at radius 2 is 1.76 bits per heavy atom. The first-order valence-electron chi connectivity index (χ1n) is 16.4. The number of fused-ring (bicyclic) bond motifs is 1. The number of aromatic nitrogens is 3. The molecule has 0 aliphatic carbocycles. The minimum absolute atomic E-state index is 0.0579. The molecule has 2 aromatic carbocycles. The molecule has 8 nitrogen and oxygen atoms in total. The van der Waals surface area contributed by atoms with E-state index in [4.69, 9.17) is 4.74 Å². The SMILES string of the molecule is C=CC(=O)N(CCC)CCC(C)C.CC.Cc1ccc(Oc2ccc(Nc3ncnn4ccc(C)c34)cc2C)cc1N=CC(C)C. The molecule has 0 saturated carbocycles. The first kappa shape index (κ1) is 37.7. The third kappa shape index (κ3) is 11.5. The van der Waals surface area contributed by atoms with Gasteiger partial charge in [-0.15, -0.1) is 0 Å². The van der Waals surface area contributed by atoms with E-state index < -0.39 is 0 Å². The number of nitrogens with zero attached hydrogens (tertiary/aromatic N) is 5. The summed E-state index contributed by atoms with van der Waals surface area (Å²) in [5, 5.41) is 7.66. The summed E-state index contributed by atoms with van der Waals surface area (Å²) < 4.78 is 7.99. The number of aryl methyl sites for hydroxylation is 3. The number of benzene rings is 2. The highest BCUT2D eigenvalue weighted by Gasteiger charge is 2.11. The number of rotatable bonds is 12. The van der Waals surface area contributed by atoms with Gasteiger partial charge in [0.15, 0.2) is 5.82 Å². The van der Waals surface area contributed by atoms with Crippen LogP contribution in [0.5, 0.6) is 11.5 Å². The van der Waals surface area contributed by atoms with Crippen LogP contribution in [0.3, 0.4) is 0 Å². The minimum Gasteiger partial charge on any atom is -0.457 e. The van der Waals surface area contributed by atoms with Gasteiger partial charge in [0, 0.05) is 37.3 Å². The zero-order valence-corrected chi connectivity index (χ0v) is 29.6. The van der Waals surface area contributed by atoms with Crippen molar-refractivity contribution in [3.8, 4) is 11.5 Å². The van der Waals surface area contributed by atoms with Crippen molar-refractivity contribution in [1.82, 2.24) is 19.5 Å². The maximum atomic E-state index is 11.3. The van der Waals surface area contributed by atoms with Gasteiger partial charge >= 0.3 is 0 Å². The van der Waals surface area contributed by atoms with Gasteiger partial charge in [-0.1, -0.05) is 61.1 Å². The molecule has 248 valence electrons. The van der Waals surface area contributed by atoms with E-state index in [-0.39, 0.29) is 5.91 Å². The number of amides is 1. The van der Waals surface area contributed by atoms with Gasteiger partial charge in [-0.25, -0.2) is 9.50 Å². The molecule has 1 amide bonds. The third-order valence-electron chi connectivity index (χ3n) is 6.97. The van der Waals surface area contributed by atoms with Crippen molar-refractivity contribution < 1.29 is 9.53 Å². The number of anilines is 2. The standard InChI is InChI=1S/C25H27N5O.C11H21NO.C2H6/c1-16(2)14-26-22-13-21(8-6-17(22)3)31-23-9-7-20(12-19(23)5)29-25-24-18(4)10-11-30(24)28-15-27-25;1-5-8-12(11(13)6-2)9-7-10(3)4;1-2/h6-16H,1-5H3,(H,27,28,29);6,10H,2,5,7-9H2,1,3-4H3;1-2H3. The lowest BCUT2D eigenvalue weighted by atomic mass is 10.1. The second kappa shape index (κ2) is 19.1. The Balaban J connectivity index is 0.000000416.